The van der Waals surface area contributed by atoms with Crippen LogP contribution >= 0.6 is 0 Å². The summed E-state index contributed by atoms with van der Waals surface area (Å²) in [4.78, 5) is 25.4. The molecule has 0 saturated heterocycles. The number of aryl methyl sites for hydroxylation is 1. The molecule has 0 bridgehead atoms. The van der Waals surface area contributed by atoms with Crippen LogP contribution in [0, 0.1) is 5.92 Å². The molecule has 26 heavy (non-hydrogen) atoms. The molecule has 0 aliphatic heterocycles. The molecule has 2 aromatic carbocycles. The molecule has 136 valence electrons. The van der Waals surface area contributed by atoms with Gasteiger partial charge in [-0.2, -0.15) is 0 Å². The van der Waals surface area contributed by atoms with Gasteiger partial charge < -0.3 is 10.6 Å². The Kier molecular flexibility index (Phi) is 5.71. The summed E-state index contributed by atoms with van der Waals surface area (Å²) in [6.45, 7) is 3.90. The number of carbonyl (C=O) groups excluding carboxylic acids is 2. The maximum atomic E-state index is 12.9. The standard InChI is InChI=1S/C22H26N2O2/c1-15(2)20(24-21(25)17-10-4-3-5-11-17)22(26)23-19-14-8-12-16-9-6-7-13-18(16)19/h3-7,9-11,13,15,19-20H,8,12,14H2,1-2H3,(H,23,26)(H,24,25)/t19-,20+/m1/s1. The highest BCUT2D eigenvalue weighted by atomic mass is 16.2. The Hall–Kier alpha value is -2.62. The van der Waals surface area contributed by atoms with E-state index in [9.17, 15) is 9.59 Å². The van der Waals surface area contributed by atoms with Crippen molar-refractivity contribution >= 4 is 11.8 Å². The summed E-state index contributed by atoms with van der Waals surface area (Å²) in [7, 11) is 0. The molecular formula is C22H26N2O2. The van der Waals surface area contributed by atoms with Crippen LogP contribution in [0.1, 0.15) is 54.2 Å². The highest BCUT2D eigenvalue weighted by molar-refractivity contribution is 5.97. The molecule has 0 heterocycles. The first kappa shape index (κ1) is 18.2. The molecule has 1 aliphatic rings. The zero-order valence-electron chi connectivity index (χ0n) is 15.4. The Labute approximate surface area is 155 Å². The van der Waals surface area contributed by atoms with Crippen LogP contribution in [-0.2, 0) is 11.2 Å². The Bertz CT molecular complexity index is 771. The van der Waals surface area contributed by atoms with Crippen LogP contribution in [0.3, 0.4) is 0 Å². The van der Waals surface area contributed by atoms with Gasteiger partial charge in [-0.3, -0.25) is 9.59 Å². The molecular weight excluding hydrogens is 324 g/mol. The van der Waals surface area contributed by atoms with Gasteiger partial charge in [0.1, 0.15) is 6.04 Å². The van der Waals surface area contributed by atoms with Crippen LogP contribution in [0.25, 0.3) is 0 Å². The molecule has 2 aromatic rings. The van der Waals surface area contributed by atoms with Crippen molar-refractivity contribution in [3.8, 4) is 0 Å². The van der Waals surface area contributed by atoms with E-state index in [0.717, 1.165) is 19.3 Å². The minimum atomic E-state index is -0.559. The SMILES string of the molecule is CC(C)[C@H](NC(=O)c1ccccc1)C(=O)N[C@@H]1CCCc2ccccc21. The molecule has 2 atom stereocenters. The molecule has 0 unspecified atom stereocenters. The van der Waals surface area contributed by atoms with E-state index in [0.29, 0.717) is 5.56 Å². The first-order valence-corrected chi connectivity index (χ1v) is 9.30. The van der Waals surface area contributed by atoms with Crippen molar-refractivity contribution in [2.24, 2.45) is 5.92 Å². The summed E-state index contributed by atoms with van der Waals surface area (Å²) >= 11 is 0. The van der Waals surface area contributed by atoms with E-state index in [1.54, 1.807) is 12.1 Å². The van der Waals surface area contributed by atoms with Crippen molar-refractivity contribution in [2.45, 2.75) is 45.2 Å². The van der Waals surface area contributed by atoms with Gasteiger partial charge in [0.25, 0.3) is 5.91 Å². The van der Waals surface area contributed by atoms with Crippen LogP contribution in [-0.4, -0.2) is 17.9 Å². The first-order valence-electron chi connectivity index (χ1n) is 9.30. The molecule has 2 N–H and O–H groups in total. The summed E-state index contributed by atoms with van der Waals surface area (Å²) in [6, 6.07) is 16.7. The molecule has 0 radical (unpaired) electrons. The summed E-state index contributed by atoms with van der Waals surface area (Å²) in [5.41, 5.74) is 3.07. The fourth-order valence-electron chi connectivity index (χ4n) is 3.51. The lowest BCUT2D eigenvalue weighted by molar-refractivity contribution is -0.124. The monoisotopic (exact) mass is 350 g/mol. The summed E-state index contributed by atoms with van der Waals surface area (Å²) in [6.07, 6.45) is 3.05. The highest BCUT2D eigenvalue weighted by Gasteiger charge is 2.28. The van der Waals surface area contributed by atoms with Crippen molar-refractivity contribution < 1.29 is 9.59 Å². The van der Waals surface area contributed by atoms with Crippen LogP contribution in [0.2, 0.25) is 0 Å². The summed E-state index contributed by atoms with van der Waals surface area (Å²) in [5.74, 6) is -0.337. The van der Waals surface area contributed by atoms with Gasteiger partial charge in [-0.05, 0) is 48.4 Å². The number of carbonyl (C=O) groups is 2. The number of amides is 2. The quantitative estimate of drug-likeness (QED) is 0.865. The number of benzene rings is 2. The van der Waals surface area contributed by atoms with Crippen molar-refractivity contribution in [1.82, 2.24) is 10.6 Å². The zero-order valence-corrected chi connectivity index (χ0v) is 15.4. The lowest BCUT2D eigenvalue weighted by atomic mass is 9.87. The van der Waals surface area contributed by atoms with Gasteiger partial charge in [0.15, 0.2) is 0 Å². The van der Waals surface area contributed by atoms with Crippen molar-refractivity contribution in [2.75, 3.05) is 0 Å². The van der Waals surface area contributed by atoms with Gasteiger partial charge in [0, 0.05) is 5.56 Å². The van der Waals surface area contributed by atoms with E-state index < -0.39 is 6.04 Å². The fourth-order valence-corrected chi connectivity index (χ4v) is 3.51. The maximum absolute atomic E-state index is 12.9. The Balaban J connectivity index is 1.71. The third kappa shape index (κ3) is 4.13. The highest BCUT2D eigenvalue weighted by Crippen LogP contribution is 2.29. The van der Waals surface area contributed by atoms with E-state index in [-0.39, 0.29) is 23.8 Å². The zero-order chi connectivity index (χ0) is 18.5. The molecule has 3 rings (SSSR count). The second-order valence-electron chi connectivity index (χ2n) is 7.21. The van der Waals surface area contributed by atoms with Gasteiger partial charge in [0.05, 0.1) is 6.04 Å². The van der Waals surface area contributed by atoms with Gasteiger partial charge >= 0.3 is 0 Å². The average Bonchev–Trinajstić information content (AvgIpc) is 2.66. The van der Waals surface area contributed by atoms with E-state index in [4.69, 9.17) is 0 Å². The van der Waals surface area contributed by atoms with Gasteiger partial charge in [-0.25, -0.2) is 0 Å². The predicted molar refractivity (Wildman–Crippen MR) is 103 cm³/mol. The van der Waals surface area contributed by atoms with Crippen LogP contribution in [0.4, 0.5) is 0 Å². The predicted octanol–water partition coefficient (Wildman–Crippen LogP) is 3.63. The van der Waals surface area contributed by atoms with Gasteiger partial charge in [-0.15, -0.1) is 0 Å². The average molecular weight is 350 g/mol. The molecule has 0 spiro atoms. The maximum Gasteiger partial charge on any atom is 0.251 e. The number of hydrogen-bond donors (Lipinski definition) is 2. The lowest BCUT2D eigenvalue weighted by Gasteiger charge is -2.29. The van der Waals surface area contributed by atoms with Gasteiger partial charge in [0.2, 0.25) is 5.91 Å². The smallest absolute Gasteiger partial charge is 0.251 e. The molecule has 4 heteroatoms. The normalized spacial score (nSPS) is 17.3. The molecule has 0 aromatic heterocycles. The van der Waals surface area contributed by atoms with E-state index in [1.807, 2.05) is 44.2 Å². The summed E-state index contributed by atoms with van der Waals surface area (Å²) in [5, 5.41) is 6.05. The second kappa shape index (κ2) is 8.17. The van der Waals surface area contributed by atoms with Crippen molar-refractivity contribution in [3.05, 3.63) is 71.3 Å². The first-order chi connectivity index (χ1) is 12.6. The summed E-state index contributed by atoms with van der Waals surface area (Å²) < 4.78 is 0. The molecule has 0 fully saturated rings. The molecule has 0 saturated carbocycles. The van der Waals surface area contributed by atoms with Crippen molar-refractivity contribution in [3.63, 3.8) is 0 Å². The minimum Gasteiger partial charge on any atom is -0.347 e. The second-order valence-corrected chi connectivity index (χ2v) is 7.21. The molecule has 2 amide bonds. The minimum absolute atomic E-state index is 0.00139. The van der Waals surface area contributed by atoms with Crippen molar-refractivity contribution in [1.29, 1.82) is 0 Å². The van der Waals surface area contributed by atoms with Crippen LogP contribution in [0.15, 0.2) is 54.6 Å². The Morgan fingerprint density at radius 3 is 2.42 bits per heavy atom. The van der Waals surface area contributed by atoms with Crippen LogP contribution < -0.4 is 10.6 Å². The van der Waals surface area contributed by atoms with E-state index >= 15 is 0 Å². The Morgan fingerprint density at radius 1 is 1.00 bits per heavy atom. The topological polar surface area (TPSA) is 58.2 Å². The van der Waals surface area contributed by atoms with Gasteiger partial charge in [-0.1, -0.05) is 56.3 Å². The van der Waals surface area contributed by atoms with E-state index in [1.165, 1.54) is 11.1 Å². The molecule has 1 aliphatic carbocycles. The molecule has 4 nitrogen and oxygen atoms in total. The number of rotatable bonds is 5. The largest absolute Gasteiger partial charge is 0.347 e. The lowest BCUT2D eigenvalue weighted by Crippen LogP contribution is -2.50. The third-order valence-corrected chi connectivity index (χ3v) is 4.96. The number of fused-ring (bicyclic) bond motifs is 1. The third-order valence-electron chi connectivity index (χ3n) is 4.96. The Morgan fingerprint density at radius 2 is 1.69 bits per heavy atom. The number of nitrogens with one attached hydrogen (secondary N) is 2. The fraction of sp³-hybridized carbons (Fsp3) is 0.364. The van der Waals surface area contributed by atoms with Crippen LogP contribution in [0.5, 0.6) is 0 Å². The number of hydrogen-bond acceptors (Lipinski definition) is 2. The van der Waals surface area contributed by atoms with E-state index in [2.05, 4.69) is 22.8 Å².